The molecule has 5 nitrogen and oxygen atoms in total. The Labute approximate surface area is 129 Å². The Balaban J connectivity index is 1.67. The van der Waals surface area contributed by atoms with Crippen LogP contribution in [0.4, 0.5) is 5.82 Å². The fourth-order valence-electron chi connectivity index (χ4n) is 2.92. The Hall–Kier alpha value is -2.40. The molecule has 0 radical (unpaired) electrons. The molecule has 2 aromatic heterocycles. The van der Waals surface area contributed by atoms with Crippen LogP contribution in [0.1, 0.15) is 6.42 Å². The van der Waals surface area contributed by atoms with Gasteiger partial charge in [-0.2, -0.15) is 4.98 Å². The van der Waals surface area contributed by atoms with Gasteiger partial charge in [0.15, 0.2) is 0 Å². The summed E-state index contributed by atoms with van der Waals surface area (Å²) in [7, 11) is 1.77. The van der Waals surface area contributed by atoms with Crippen LogP contribution in [0.2, 0.25) is 0 Å². The van der Waals surface area contributed by atoms with Crippen LogP contribution in [-0.4, -0.2) is 40.7 Å². The van der Waals surface area contributed by atoms with Crippen molar-refractivity contribution < 1.29 is 4.74 Å². The predicted octanol–water partition coefficient (Wildman–Crippen LogP) is 2.62. The summed E-state index contributed by atoms with van der Waals surface area (Å²) in [5.41, 5.74) is 2.05. The maximum atomic E-state index is 5.42. The fourth-order valence-corrected chi connectivity index (χ4v) is 2.92. The third kappa shape index (κ3) is 2.33. The summed E-state index contributed by atoms with van der Waals surface area (Å²) < 4.78 is 7.39. The van der Waals surface area contributed by atoms with Gasteiger partial charge in [0.2, 0.25) is 5.78 Å². The summed E-state index contributed by atoms with van der Waals surface area (Å²) in [4.78, 5) is 11.6. The number of nitrogens with zero attached hydrogens (tertiary/aromatic N) is 4. The van der Waals surface area contributed by atoms with Crippen molar-refractivity contribution in [1.29, 1.82) is 0 Å². The number of benzene rings is 1. The molecule has 3 aromatic rings. The third-order valence-electron chi connectivity index (χ3n) is 4.18. The lowest BCUT2D eigenvalue weighted by Gasteiger charge is -2.16. The summed E-state index contributed by atoms with van der Waals surface area (Å²) >= 11 is 0. The molecule has 5 heteroatoms. The van der Waals surface area contributed by atoms with Crippen LogP contribution in [0.5, 0.6) is 0 Å². The molecule has 1 saturated heterocycles. The molecule has 112 valence electrons. The molecule has 1 atom stereocenters. The van der Waals surface area contributed by atoms with Crippen molar-refractivity contribution in [3.8, 4) is 11.3 Å². The van der Waals surface area contributed by atoms with E-state index in [1.54, 1.807) is 7.11 Å². The molecule has 1 fully saturated rings. The van der Waals surface area contributed by atoms with Crippen LogP contribution in [0, 0.1) is 0 Å². The summed E-state index contributed by atoms with van der Waals surface area (Å²) in [5, 5.41) is 0. The quantitative estimate of drug-likeness (QED) is 0.745. The zero-order valence-corrected chi connectivity index (χ0v) is 12.5. The van der Waals surface area contributed by atoms with Crippen LogP contribution >= 0.6 is 0 Å². The van der Waals surface area contributed by atoms with Gasteiger partial charge in [0, 0.05) is 38.2 Å². The van der Waals surface area contributed by atoms with Gasteiger partial charge in [0.25, 0.3) is 0 Å². The second-order valence-corrected chi connectivity index (χ2v) is 5.58. The number of anilines is 1. The first kappa shape index (κ1) is 13.3. The fraction of sp³-hybridized carbons (Fsp3) is 0.294. The van der Waals surface area contributed by atoms with E-state index < -0.39 is 0 Å². The standard InChI is InChI=1S/C17H18N4O/c1-22-14-7-9-20(11-14)16-8-10-21-12-15(18-17(21)19-16)13-5-3-2-4-6-13/h2-6,8,10,12,14H,7,9,11H2,1H3/t14-/m1/s1. The van der Waals surface area contributed by atoms with Gasteiger partial charge < -0.3 is 9.64 Å². The van der Waals surface area contributed by atoms with Gasteiger partial charge in [-0.1, -0.05) is 30.3 Å². The first-order valence-electron chi connectivity index (χ1n) is 7.52. The Bertz CT molecular complexity index is 784. The minimum absolute atomic E-state index is 0.303. The van der Waals surface area contributed by atoms with E-state index in [1.165, 1.54) is 0 Å². The number of hydrogen-bond donors (Lipinski definition) is 0. The van der Waals surface area contributed by atoms with E-state index in [-0.39, 0.29) is 0 Å². The minimum atomic E-state index is 0.303. The molecule has 1 aliphatic rings. The van der Waals surface area contributed by atoms with E-state index >= 15 is 0 Å². The third-order valence-corrected chi connectivity index (χ3v) is 4.18. The monoisotopic (exact) mass is 294 g/mol. The van der Waals surface area contributed by atoms with E-state index in [1.807, 2.05) is 41.1 Å². The molecule has 0 saturated carbocycles. The average molecular weight is 294 g/mol. The molecule has 22 heavy (non-hydrogen) atoms. The second-order valence-electron chi connectivity index (χ2n) is 5.58. The van der Waals surface area contributed by atoms with Crippen LogP contribution in [-0.2, 0) is 4.74 Å². The van der Waals surface area contributed by atoms with Gasteiger partial charge in [-0.05, 0) is 12.5 Å². The normalized spacial score (nSPS) is 18.2. The molecular weight excluding hydrogens is 276 g/mol. The summed E-state index contributed by atoms with van der Waals surface area (Å²) in [5.74, 6) is 1.70. The number of imidazole rings is 1. The predicted molar refractivity (Wildman–Crippen MR) is 86.1 cm³/mol. The average Bonchev–Trinajstić information content (AvgIpc) is 3.21. The molecule has 0 aliphatic carbocycles. The topological polar surface area (TPSA) is 42.7 Å². The number of hydrogen-bond acceptors (Lipinski definition) is 4. The van der Waals surface area contributed by atoms with Crippen molar-refractivity contribution in [2.45, 2.75) is 12.5 Å². The van der Waals surface area contributed by atoms with Crippen molar-refractivity contribution in [3.63, 3.8) is 0 Å². The van der Waals surface area contributed by atoms with E-state index in [4.69, 9.17) is 9.72 Å². The van der Waals surface area contributed by atoms with Crippen molar-refractivity contribution in [3.05, 3.63) is 48.8 Å². The first-order valence-corrected chi connectivity index (χ1v) is 7.52. The number of fused-ring (bicyclic) bond motifs is 1. The number of ether oxygens (including phenoxy) is 1. The number of rotatable bonds is 3. The zero-order chi connectivity index (χ0) is 14.9. The zero-order valence-electron chi connectivity index (χ0n) is 12.5. The van der Waals surface area contributed by atoms with Crippen LogP contribution in [0.3, 0.4) is 0 Å². The van der Waals surface area contributed by atoms with E-state index in [0.29, 0.717) is 6.10 Å². The summed E-state index contributed by atoms with van der Waals surface area (Å²) in [6.07, 6.45) is 5.39. The molecular formula is C17H18N4O. The highest BCUT2D eigenvalue weighted by Crippen LogP contribution is 2.22. The lowest BCUT2D eigenvalue weighted by atomic mass is 10.2. The van der Waals surface area contributed by atoms with Crippen molar-refractivity contribution in [2.24, 2.45) is 0 Å². The van der Waals surface area contributed by atoms with Gasteiger partial charge in [0.05, 0.1) is 11.8 Å². The molecule has 0 unspecified atom stereocenters. The highest BCUT2D eigenvalue weighted by molar-refractivity contribution is 5.61. The van der Waals surface area contributed by atoms with E-state index in [9.17, 15) is 0 Å². The van der Waals surface area contributed by atoms with Crippen LogP contribution in [0.25, 0.3) is 17.0 Å². The molecule has 0 bridgehead atoms. The number of aromatic nitrogens is 3. The second kappa shape index (κ2) is 5.42. The van der Waals surface area contributed by atoms with E-state index in [2.05, 4.69) is 22.0 Å². The van der Waals surface area contributed by atoms with Crippen LogP contribution in [0.15, 0.2) is 48.8 Å². The Morgan fingerprint density at radius 1 is 1.14 bits per heavy atom. The van der Waals surface area contributed by atoms with Crippen molar-refractivity contribution in [1.82, 2.24) is 14.4 Å². The smallest absolute Gasteiger partial charge is 0.236 e. The van der Waals surface area contributed by atoms with Gasteiger partial charge in [-0.25, -0.2) is 4.98 Å². The lowest BCUT2D eigenvalue weighted by Crippen LogP contribution is -2.23. The molecule has 1 aliphatic heterocycles. The summed E-state index contributed by atoms with van der Waals surface area (Å²) in [6.45, 7) is 1.87. The maximum Gasteiger partial charge on any atom is 0.236 e. The minimum Gasteiger partial charge on any atom is -0.380 e. The molecule has 0 spiro atoms. The van der Waals surface area contributed by atoms with Crippen molar-refractivity contribution >= 4 is 11.6 Å². The van der Waals surface area contributed by atoms with E-state index in [0.717, 1.165) is 42.4 Å². The van der Waals surface area contributed by atoms with Gasteiger partial charge in [0.1, 0.15) is 5.82 Å². The Morgan fingerprint density at radius 2 is 2.00 bits per heavy atom. The largest absolute Gasteiger partial charge is 0.380 e. The van der Waals surface area contributed by atoms with Crippen LogP contribution < -0.4 is 4.90 Å². The molecule has 1 aromatic carbocycles. The SMILES string of the molecule is CO[C@@H]1CCN(c2ccn3cc(-c4ccccc4)nc3n2)C1. The van der Waals surface area contributed by atoms with Gasteiger partial charge >= 0.3 is 0 Å². The highest BCUT2D eigenvalue weighted by Gasteiger charge is 2.23. The molecule has 4 rings (SSSR count). The lowest BCUT2D eigenvalue weighted by molar-refractivity contribution is 0.121. The first-order chi connectivity index (χ1) is 10.8. The molecule has 0 N–H and O–H groups in total. The molecule has 3 heterocycles. The Kier molecular flexibility index (Phi) is 3.27. The highest BCUT2D eigenvalue weighted by atomic mass is 16.5. The van der Waals surface area contributed by atoms with Crippen molar-refractivity contribution in [2.75, 3.05) is 25.1 Å². The number of methoxy groups -OCH3 is 1. The summed E-state index contributed by atoms with van der Waals surface area (Å²) in [6, 6.07) is 12.2. The van der Waals surface area contributed by atoms with Gasteiger partial charge in [-0.3, -0.25) is 4.40 Å². The molecule has 0 amide bonds. The Morgan fingerprint density at radius 3 is 2.77 bits per heavy atom. The van der Waals surface area contributed by atoms with Gasteiger partial charge in [-0.15, -0.1) is 0 Å². The maximum absolute atomic E-state index is 5.42.